The van der Waals surface area contributed by atoms with Gasteiger partial charge in [0.05, 0.1) is 6.10 Å². The van der Waals surface area contributed by atoms with Crippen LogP contribution in [0.25, 0.3) is 6.08 Å². The molecule has 1 atom stereocenters. The standard InChI is InChI=1S/C47H58N6O4/c1-36(2)57-44-22-15-38(16-23-44)17-24-46(55)53(35-41-13-20-43(21-14-41)51-31-29-50(30-32-51)37(3)54)45(33-39-9-7-6-8-10-39)47(56)52-27-25-49(26-28-52)34-40-11-18-42(19-12-40)48(4)5/h6-24,36,45H,25-35H2,1-5H3/b24-17+/t45-/m0/s1. The van der Waals surface area contributed by atoms with Crippen LogP contribution in [0.4, 0.5) is 11.4 Å². The lowest BCUT2D eigenvalue weighted by molar-refractivity contribution is -0.145. The van der Waals surface area contributed by atoms with Crippen molar-refractivity contribution in [1.29, 1.82) is 0 Å². The Bertz CT molecular complexity index is 1930. The minimum Gasteiger partial charge on any atom is -0.491 e. The smallest absolute Gasteiger partial charge is 0.247 e. The van der Waals surface area contributed by atoms with Crippen molar-refractivity contribution in [3.63, 3.8) is 0 Å². The number of rotatable bonds is 14. The third-order valence-corrected chi connectivity index (χ3v) is 10.8. The van der Waals surface area contributed by atoms with Crippen molar-refractivity contribution in [1.82, 2.24) is 19.6 Å². The van der Waals surface area contributed by atoms with Crippen molar-refractivity contribution in [3.8, 4) is 5.75 Å². The minimum absolute atomic E-state index is 0.0364. The number of benzene rings is 4. The molecule has 0 aliphatic carbocycles. The first-order chi connectivity index (χ1) is 27.5. The van der Waals surface area contributed by atoms with Gasteiger partial charge in [-0.2, -0.15) is 0 Å². The van der Waals surface area contributed by atoms with Crippen molar-refractivity contribution in [3.05, 3.63) is 131 Å². The summed E-state index contributed by atoms with van der Waals surface area (Å²) in [5.74, 6) is 0.616. The van der Waals surface area contributed by atoms with Crippen molar-refractivity contribution in [2.45, 2.75) is 52.4 Å². The topological polar surface area (TPSA) is 79.9 Å². The van der Waals surface area contributed by atoms with Crippen LogP contribution < -0.4 is 14.5 Å². The Balaban J connectivity index is 1.23. The molecule has 0 bridgehead atoms. The first-order valence-electron chi connectivity index (χ1n) is 20.2. The zero-order valence-corrected chi connectivity index (χ0v) is 34.2. The van der Waals surface area contributed by atoms with Gasteiger partial charge in [-0.25, -0.2) is 0 Å². The molecule has 2 aliphatic rings. The van der Waals surface area contributed by atoms with E-state index in [1.54, 1.807) is 17.9 Å². The first kappa shape index (κ1) is 41.0. The molecule has 4 aromatic rings. The first-order valence-corrected chi connectivity index (χ1v) is 20.2. The van der Waals surface area contributed by atoms with E-state index in [1.165, 1.54) is 11.3 Å². The summed E-state index contributed by atoms with van der Waals surface area (Å²) in [6.45, 7) is 12.3. The highest BCUT2D eigenvalue weighted by Crippen LogP contribution is 2.23. The summed E-state index contributed by atoms with van der Waals surface area (Å²) < 4.78 is 5.82. The molecule has 10 nitrogen and oxygen atoms in total. The fourth-order valence-electron chi connectivity index (χ4n) is 7.49. The van der Waals surface area contributed by atoms with Crippen LogP contribution in [0.3, 0.4) is 0 Å². The molecule has 0 unspecified atom stereocenters. The van der Waals surface area contributed by atoms with Crippen LogP contribution >= 0.6 is 0 Å². The maximum atomic E-state index is 14.8. The van der Waals surface area contributed by atoms with Crippen LogP contribution in [0.2, 0.25) is 0 Å². The number of anilines is 2. The number of hydrogen-bond acceptors (Lipinski definition) is 7. The molecule has 2 saturated heterocycles. The summed E-state index contributed by atoms with van der Waals surface area (Å²) in [6.07, 6.45) is 3.87. The highest BCUT2D eigenvalue weighted by Gasteiger charge is 2.34. The van der Waals surface area contributed by atoms with Crippen LogP contribution in [0.15, 0.2) is 109 Å². The van der Waals surface area contributed by atoms with Crippen LogP contribution in [0.1, 0.15) is 43.0 Å². The van der Waals surface area contributed by atoms with Gasteiger partial charge in [-0.15, -0.1) is 0 Å². The Morgan fingerprint density at radius 1 is 0.702 bits per heavy atom. The van der Waals surface area contributed by atoms with Gasteiger partial charge in [-0.05, 0) is 78.6 Å². The molecule has 0 radical (unpaired) electrons. The van der Waals surface area contributed by atoms with Crippen LogP contribution in [0.5, 0.6) is 5.75 Å². The van der Waals surface area contributed by atoms with Crippen LogP contribution in [-0.4, -0.2) is 116 Å². The lowest BCUT2D eigenvalue weighted by atomic mass is 10.0. The van der Waals surface area contributed by atoms with E-state index in [-0.39, 0.29) is 30.4 Å². The van der Waals surface area contributed by atoms with Gasteiger partial charge in [0, 0.05) is 110 Å². The number of carbonyl (C=O) groups is 3. The fraction of sp³-hybridized carbons (Fsp3) is 0.383. The summed E-state index contributed by atoms with van der Waals surface area (Å²) in [4.78, 5) is 53.5. The van der Waals surface area contributed by atoms with Gasteiger partial charge in [-0.3, -0.25) is 19.3 Å². The molecule has 57 heavy (non-hydrogen) atoms. The summed E-state index contributed by atoms with van der Waals surface area (Å²) in [5, 5.41) is 0. The molecule has 300 valence electrons. The lowest BCUT2D eigenvalue weighted by Gasteiger charge is -2.39. The van der Waals surface area contributed by atoms with E-state index >= 15 is 0 Å². The molecule has 2 fully saturated rings. The number of ether oxygens (including phenoxy) is 1. The van der Waals surface area contributed by atoms with Crippen molar-refractivity contribution in [2.24, 2.45) is 0 Å². The molecular weight excluding hydrogens is 713 g/mol. The molecule has 3 amide bonds. The minimum atomic E-state index is -0.712. The second-order valence-corrected chi connectivity index (χ2v) is 15.6. The van der Waals surface area contributed by atoms with Gasteiger partial charge in [0.25, 0.3) is 0 Å². The monoisotopic (exact) mass is 770 g/mol. The van der Waals surface area contributed by atoms with Gasteiger partial charge in [0.15, 0.2) is 0 Å². The van der Waals surface area contributed by atoms with Gasteiger partial charge >= 0.3 is 0 Å². The Labute approximate surface area is 338 Å². The zero-order chi connectivity index (χ0) is 40.3. The highest BCUT2D eigenvalue weighted by molar-refractivity contribution is 5.96. The van der Waals surface area contributed by atoms with Crippen molar-refractivity contribution in [2.75, 3.05) is 76.3 Å². The van der Waals surface area contributed by atoms with E-state index in [9.17, 15) is 14.4 Å². The molecule has 2 heterocycles. The zero-order valence-electron chi connectivity index (χ0n) is 34.2. The Morgan fingerprint density at radius 2 is 1.32 bits per heavy atom. The normalized spacial score (nSPS) is 15.5. The number of piperazine rings is 2. The summed E-state index contributed by atoms with van der Waals surface area (Å²) >= 11 is 0. The van der Waals surface area contributed by atoms with Gasteiger partial charge in [0.1, 0.15) is 11.8 Å². The average Bonchev–Trinajstić information content (AvgIpc) is 3.22. The molecule has 2 aliphatic heterocycles. The number of hydrogen-bond donors (Lipinski definition) is 0. The average molecular weight is 771 g/mol. The predicted molar refractivity (Wildman–Crippen MR) is 229 cm³/mol. The lowest BCUT2D eigenvalue weighted by Crippen LogP contribution is -2.56. The quantitative estimate of drug-likeness (QED) is 0.141. The number of amides is 3. The molecule has 0 spiro atoms. The van der Waals surface area contributed by atoms with Gasteiger partial charge in [0.2, 0.25) is 17.7 Å². The Morgan fingerprint density at radius 3 is 1.91 bits per heavy atom. The van der Waals surface area contributed by atoms with Gasteiger partial charge < -0.3 is 29.2 Å². The summed E-state index contributed by atoms with van der Waals surface area (Å²) in [5.41, 5.74) is 6.30. The second kappa shape index (κ2) is 19.5. The SMILES string of the molecule is CC(=O)N1CCN(c2ccc(CN(C(=O)/C=C/c3ccc(OC(C)C)cc3)[C@@H](Cc3ccccc3)C(=O)N3CCN(Cc4ccc(N(C)C)cc4)CC3)cc2)CC1. The van der Waals surface area contributed by atoms with Gasteiger partial charge in [-0.1, -0.05) is 66.7 Å². The summed E-state index contributed by atoms with van der Waals surface area (Å²) in [6, 6.07) is 33.9. The fourth-order valence-corrected chi connectivity index (χ4v) is 7.49. The van der Waals surface area contributed by atoms with E-state index in [2.05, 4.69) is 63.2 Å². The second-order valence-electron chi connectivity index (χ2n) is 15.6. The Kier molecular flexibility index (Phi) is 14.0. The van der Waals surface area contributed by atoms with E-state index < -0.39 is 6.04 Å². The molecule has 4 aromatic carbocycles. The maximum absolute atomic E-state index is 14.8. The number of nitrogens with zero attached hydrogens (tertiary/aromatic N) is 6. The molecule has 0 aromatic heterocycles. The highest BCUT2D eigenvalue weighted by atomic mass is 16.5. The third kappa shape index (κ3) is 11.5. The van der Waals surface area contributed by atoms with Crippen LogP contribution in [0, 0.1) is 0 Å². The molecule has 6 rings (SSSR count). The third-order valence-electron chi connectivity index (χ3n) is 10.8. The van der Waals surface area contributed by atoms with Crippen LogP contribution in [-0.2, 0) is 33.9 Å². The molecule has 0 saturated carbocycles. The van der Waals surface area contributed by atoms with E-state index in [4.69, 9.17) is 4.74 Å². The largest absolute Gasteiger partial charge is 0.491 e. The maximum Gasteiger partial charge on any atom is 0.247 e. The number of carbonyl (C=O) groups excluding carboxylic acids is 3. The summed E-state index contributed by atoms with van der Waals surface area (Å²) in [7, 11) is 4.09. The molecule has 10 heteroatoms. The Hall–Kier alpha value is -5.61. The van der Waals surface area contributed by atoms with E-state index in [0.29, 0.717) is 32.6 Å². The molecule has 0 N–H and O–H groups in total. The van der Waals surface area contributed by atoms with Crippen molar-refractivity contribution >= 4 is 35.2 Å². The van der Waals surface area contributed by atoms with E-state index in [1.807, 2.05) is 98.4 Å². The predicted octanol–water partition coefficient (Wildman–Crippen LogP) is 6.21. The molecular formula is C47H58N6O4. The van der Waals surface area contributed by atoms with E-state index in [0.717, 1.165) is 60.9 Å². The van der Waals surface area contributed by atoms with Crippen molar-refractivity contribution < 1.29 is 19.1 Å².